The van der Waals surface area contributed by atoms with Gasteiger partial charge in [0.25, 0.3) is 5.76 Å². The van der Waals surface area contributed by atoms with Crippen LogP contribution in [-0.4, -0.2) is 44.7 Å². The van der Waals surface area contributed by atoms with Crippen molar-refractivity contribution in [1.29, 1.82) is 0 Å². The SMILES string of the molecule is CCOc1ccccc1Oc1c(C(F)(F)F)oc2c(C[NH+]3CCN(C)CC3)c([O-])ccc2c1=O. The number of likely N-dealkylation sites (N-methyl/N-ethyl adjacent to an activating group) is 1. The lowest BCUT2D eigenvalue weighted by atomic mass is 10.1. The zero-order valence-electron chi connectivity index (χ0n) is 18.8. The number of rotatable bonds is 6. The number of fused-ring (bicyclic) bond motifs is 1. The van der Waals surface area contributed by atoms with E-state index in [9.17, 15) is 23.1 Å². The van der Waals surface area contributed by atoms with Gasteiger partial charge in [-0.25, -0.2) is 0 Å². The number of hydrogen-bond donors (Lipinski definition) is 1. The molecule has 4 rings (SSSR count). The molecule has 0 amide bonds. The summed E-state index contributed by atoms with van der Waals surface area (Å²) in [5.74, 6) is -2.92. The highest BCUT2D eigenvalue weighted by atomic mass is 19.4. The minimum absolute atomic E-state index is 0.0518. The fourth-order valence-electron chi connectivity index (χ4n) is 4.01. The summed E-state index contributed by atoms with van der Waals surface area (Å²) >= 11 is 0. The van der Waals surface area contributed by atoms with Crippen molar-refractivity contribution >= 4 is 11.0 Å². The maximum atomic E-state index is 14.0. The van der Waals surface area contributed by atoms with Crippen molar-refractivity contribution in [3.8, 4) is 23.0 Å². The number of para-hydroxylation sites is 2. The number of quaternary nitrogens is 1. The van der Waals surface area contributed by atoms with Crippen molar-refractivity contribution in [3.63, 3.8) is 0 Å². The van der Waals surface area contributed by atoms with Crippen LogP contribution in [0, 0.1) is 0 Å². The molecule has 182 valence electrons. The van der Waals surface area contributed by atoms with E-state index in [0.29, 0.717) is 0 Å². The second kappa shape index (κ2) is 9.55. The Bertz CT molecular complexity index is 1230. The summed E-state index contributed by atoms with van der Waals surface area (Å²) in [4.78, 5) is 16.4. The molecule has 1 fully saturated rings. The average molecular weight is 478 g/mol. The second-order valence-electron chi connectivity index (χ2n) is 8.22. The van der Waals surface area contributed by atoms with Crippen LogP contribution in [-0.2, 0) is 12.7 Å². The number of nitrogens with zero attached hydrogens (tertiary/aromatic N) is 1. The quantitative estimate of drug-likeness (QED) is 0.586. The normalized spacial score (nSPS) is 15.6. The molecule has 3 aromatic rings. The third-order valence-corrected chi connectivity index (χ3v) is 5.82. The molecule has 0 atom stereocenters. The number of alkyl halides is 3. The van der Waals surface area contributed by atoms with E-state index >= 15 is 0 Å². The smallest absolute Gasteiger partial charge is 0.453 e. The molecule has 10 heteroatoms. The molecule has 1 saturated heterocycles. The van der Waals surface area contributed by atoms with Crippen LogP contribution in [0.3, 0.4) is 0 Å². The minimum Gasteiger partial charge on any atom is -0.872 e. The molecule has 0 saturated carbocycles. The van der Waals surface area contributed by atoms with E-state index < -0.39 is 28.9 Å². The van der Waals surface area contributed by atoms with Crippen LogP contribution in [0.1, 0.15) is 18.2 Å². The Morgan fingerprint density at radius 2 is 1.79 bits per heavy atom. The molecule has 34 heavy (non-hydrogen) atoms. The van der Waals surface area contributed by atoms with Gasteiger partial charge in [0.2, 0.25) is 11.2 Å². The summed E-state index contributed by atoms with van der Waals surface area (Å²) in [5.41, 5.74) is -1.29. The van der Waals surface area contributed by atoms with Crippen molar-refractivity contribution in [1.82, 2.24) is 4.90 Å². The van der Waals surface area contributed by atoms with E-state index in [1.807, 2.05) is 7.05 Å². The van der Waals surface area contributed by atoms with Gasteiger partial charge >= 0.3 is 6.18 Å². The molecule has 1 aliphatic heterocycles. The van der Waals surface area contributed by atoms with Crippen LogP contribution < -0.4 is 24.9 Å². The van der Waals surface area contributed by atoms with Gasteiger partial charge in [0.15, 0.2) is 11.5 Å². The Morgan fingerprint density at radius 1 is 1.12 bits per heavy atom. The summed E-state index contributed by atoms with van der Waals surface area (Å²) in [6, 6.07) is 8.48. The standard InChI is InChI=1S/C24H25F3N2O5/c1-3-32-18-6-4-5-7-19(18)33-22-20(31)15-8-9-17(30)16(14-29-12-10-28(2)11-13-29)21(15)34-23(22)24(25,26)27/h4-9,30H,3,10-14H2,1-2H3. The predicted molar refractivity (Wildman–Crippen MR) is 117 cm³/mol. The van der Waals surface area contributed by atoms with Gasteiger partial charge in [0, 0.05) is 18.7 Å². The van der Waals surface area contributed by atoms with Gasteiger partial charge in [0.1, 0.15) is 12.1 Å². The summed E-state index contributed by atoms with van der Waals surface area (Å²) in [7, 11) is 1.98. The van der Waals surface area contributed by atoms with Crippen LogP contribution in [0.2, 0.25) is 0 Å². The van der Waals surface area contributed by atoms with Crippen LogP contribution in [0.25, 0.3) is 11.0 Å². The third-order valence-electron chi connectivity index (χ3n) is 5.82. The molecule has 0 unspecified atom stereocenters. The van der Waals surface area contributed by atoms with Crippen molar-refractivity contribution in [3.05, 3.63) is 57.9 Å². The first kappa shape index (κ1) is 23.9. The predicted octanol–water partition coefficient (Wildman–Crippen LogP) is 2.41. The fourth-order valence-corrected chi connectivity index (χ4v) is 4.01. The highest BCUT2D eigenvalue weighted by Gasteiger charge is 2.41. The highest BCUT2D eigenvalue weighted by Crippen LogP contribution is 2.41. The Labute approximate surface area is 193 Å². The molecule has 0 radical (unpaired) electrons. The fraction of sp³-hybridized carbons (Fsp3) is 0.375. The van der Waals surface area contributed by atoms with Crippen LogP contribution in [0.4, 0.5) is 13.2 Å². The van der Waals surface area contributed by atoms with E-state index in [0.717, 1.165) is 31.1 Å². The van der Waals surface area contributed by atoms with Gasteiger partial charge in [-0.05, 0) is 32.2 Å². The van der Waals surface area contributed by atoms with E-state index in [4.69, 9.17) is 13.9 Å². The van der Waals surface area contributed by atoms with Crippen molar-refractivity contribution in [2.45, 2.75) is 19.6 Å². The van der Waals surface area contributed by atoms with Gasteiger partial charge in [-0.3, -0.25) is 9.69 Å². The van der Waals surface area contributed by atoms with Gasteiger partial charge in [-0.1, -0.05) is 23.9 Å². The first-order valence-corrected chi connectivity index (χ1v) is 11.0. The molecular weight excluding hydrogens is 453 g/mol. The Hall–Kier alpha value is -3.24. The highest BCUT2D eigenvalue weighted by molar-refractivity contribution is 5.83. The van der Waals surface area contributed by atoms with Gasteiger partial charge in [0.05, 0.1) is 25.1 Å². The number of hydrogen-bond acceptors (Lipinski definition) is 6. The largest absolute Gasteiger partial charge is 0.872 e. The first-order chi connectivity index (χ1) is 16.2. The second-order valence-corrected chi connectivity index (χ2v) is 8.22. The maximum Gasteiger partial charge on any atom is 0.453 e. The van der Waals surface area contributed by atoms with Crippen LogP contribution in [0.5, 0.6) is 23.0 Å². The van der Waals surface area contributed by atoms with Crippen LogP contribution >= 0.6 is 0 Å². The topological polar surface area (TPSA) is 79.4 Å². The lowest BCUT2D eigenvalue weighted by molar-refractivity contribution is -0.918. The van der Waals surface area contributed by atoms with Crippen molar-refractivity contribution in [2.75, 3.05) is 39.8 Å². The summed E-state index contributed by atoms with van der Waals surface area (Å²) in [6.07, 6.45) is -5.03. The molecule has 1 aliphatic rings. The number of benzene rings is 2. The van der Waals surface area contributed by atoms with Gasteiger partial charge < -0.3 is 23.9 Å². The van der Waals surface area contributed by atoms with E-state index in [1.165, 1.54) is 24.3 Å². The number of ether oxygens (including phenoxy) is 2. The molecule has 1 aromatic heterocycles. The number of nitrogens with one attached hydrogen (secondary N) is 1. The molecule has 7 nitrogen and oxygen atoms in total. The van der Waals surface area contributed by atoms with Crippen molar-refractivity contribution < 1.29 is 37.1 Å². The minimum atomic E-state index is -5.03. The number of piperazine rings is 1. The Balaban J connectivity index is 1.84. The Kier molecular flexibility index (Phi) is 6.72. The summed E-state index contributed by atoms with van der Waals surface area (Å²) in [6.45, 7) is 5.16. The summed E-state index contributed by atoms with van der Waals surface area (Å²) < 4.78 is 58.1. The lowest BCUT2D eigenvalue weighted by Crippen LogP contribution is -3.13. The van der Waals surface area contributed by atoms with Crippen molar-refractivity contribution in [2.24, 2.45) is 0 Å². The maximum absolute atomic E-state index is 14.0. The summed E-state index contributed by atoms with van der Waals surface area (Å²) in [5, 5.41) is 12.5. The molecule has 2 heterocycles. The average Bonchev–Trinajstić information content (AvgIpc) is 2.79. The molecule has 2 aromatic carbocycles. The monoisotopic (exact) mass is 478 g/mol. The Morgan fingerprint density at radius 3 is 2.44 bits per heavy atom. The number of halogens is 3. The molecular formula is C24H25F3N2O5. The van der Waals surface area contributed by atoms with Gasteiger partial charge in [-0.2, -0.15) is 13.2 Å². The third kappa shape index (κ3) is 4.83. The van der Waals surface area contributed by atoms with E-state index in [1.54, 1.807) is 19.1 Å². The molecule has 1 N–H and O–H groups in total. The molecule has 0 bridgehead atoms. The van der Waals surface area contributed by atoms with Gasteiger partial charge in [-0.15, -0.1) is 0 Å². The lowest BCUT2D eigenvalue weighted by Gasteiger charge is -2.30. The van der Waals surface area contributed by atoms with E-state index in [2.05, 4.69) is 4.90 Å². The molecule has 0 spiro atoms. The first-order valence-electron chi connectivity index (χ1n) is 11.0. The van der Waals surface area contributed by atoms with E-state index in [-0.39, 0.29) is 41.2 Å². The zero-order valence-corrected chi connectivity index (χ0v) is 18.8. The zero-order chi connectivity index (χ0) is 24.5. The molecule has 0 aliphatic carbocycles. The van der Waals surface area contributed by atoms with Crippen LogP contribution in [0.15, 0.2) is 45.6 Å².